The van der Waals surface area contributed by atoms with E-state index < -0.39 is 5.60 Å². The highest BCUT2D eigenvalue weighted by atomic mass is 16.5. The quantitative estimate of drug-likeness (QED) is 0.689. The molecule has 0 aromatic heterocycles. The van der Waals surface area contributed by atoms with Crippen LogP contribution in [-0.4, -0.2) is 11.4 Å². The van der Waals surface area contributed by atoms with Crippen molar-refractivity contribution in [3.63, 3.8) is 0 Å². The van der Waals surface area contributed by atoms with Gasteiger partial charge in [0, 0.05) is 12.0 Å². The third-order valence-corrected chi connectivity index (χ3v) is 2.82. The number of fused-ring (bicyclic) bond motifs is 1. The number of carbonyl (C=O) groups excluding carboxylic acids is 1. The molecule has 0 amide bonds. The lowest BCUT2D eigenvalue weighted by Gasteiger charge is -2.32. The summed E-state index contributed by atoms with van der Waals surface area (Å²) in [5.41, 5.74) is 1.04. The van der Waals surface area contributed by atoms with E-state index in [0.717, 1.165) is 11.1 Å². The Balaban J connectivity index is 2.41. The number of ketones is 1. The molecule has 1 heterocycles. The van der Waals surface area contributed by atoms with Crippen molar-refractivity contribution < 1.29 is 9.53 Å². The molecule has 0 saturated carbocycles. The molecule has 2 heteroatoms. The van der Waals surface area contributed by atoms with Gasteiger partial charge in [0.2, 0.25) is 0 Å². The summed E-state index contributed by atoms with van der Waals surface area (Å²) in [4.78, 5) is 12.2. The SMILES string of the molecule is C=CCC1(C)OCc2ccccc2C1=O. The number of hydrogen-bond donors (Lipinski definition) is 0. The number of benzene rings is 1. The van der Waals surface area contributed by atoms with Gasteiger partial charge >= 0.3 is 0 Å². The predicted molar refractivity (Wildman–Crippen MR) is 58.8 cm³/mol. The van der Waals surface area contributed by atoms with Gasteiger partial charge in [-0.15, -0.1) is 6.58 Å². The fourth-order valence-electron chi connectivity index (χ4n) is 1.88. The largest absolute Gasteiger partial charge is 0.362 e. The molecule has 1 aromatic rings. The molecule has 0 aliphatic carbocycles. The highest BCUT2D eigenvalue weighted by Gasteiger charge is 2.38. The van der Waals surface area contributed by atoms with E-state index in [-0.39, 0.29) is 5.78 Å². The minimum atomic E-state index is -0.726. The molecule has 1 aliphatic rings. The van der Waals surface area contributed by atoms with Gasteiger partial charge in [0.05, 0.1) is 6.61 Å². The topological polar surface area (TPSA) is 26.3 Å². The minimum Gasteiger partial charge on any atom is -0.362 e. The summed E-state index contributed by atoms with van der Waals surface area (Å²) in [5.74, 6) is 0.0595. The van der Waals surface area contributed by atoms with Crippen molar-refractivity contribution in [2.45, 2.75) is 25.6 Å². The summed E-state index contributed by atoms with van der Waals surface area (Å²) in [7, 11) is 0. The zero-order valence-electron chi connectivity index (χ0n) is 8.82. The number of rotatable bonds is 2. The average Bonchev–Trinajstić information content (AvgIpc) is 2.25. The lowest BCUT2D eigenvalue weighted by molar-refractivity contribution is -0.0299. The summed E-state index contributed by atoms with van der Waals surface area (Å²) < 4.78 is 5.62. The molecule has 0 bridgehead atoms. The Labute approximate surface area is 89.6 Å². The first-order chi connectivity index (χ1) is 7.17. The van der Waals surface area contributed by atoms with Gasteiger partial charge in [0.25, 0.3) is 0 Å². The van der Waals surface area contributed by atoms with E-state index in [2.05, 4.69) is 6.58 Å². The van der Waals surface area contributed by atoms with E-state index in [4.69, 9.17) is 4.74 Å². The first-order valence-corrected chi connectivity index (χ1v) is 5.05. The van der Waals surface area contributed by atoms with Crippen LogP contribution in [0.1, 0.15) is 29.3 Å². The molecular formula is C13H14O2. The van der Waals surface area contributed by atoms with Gasteiger partial charge in [0.15, 0.2) is 5.78 Å². The fraction of sp³-hybridized carbons (Fsp3) is 0.308. The van der Waals surface area contributed by atoms with Crippen LogP contribution in [0.2, 0.25) is 0 Å². The molecule has 0 spiro atoms. The number of Topliss-reactive ketones (excluding diaryl/α,β-unsaturated/α-hetero) is 1. The third-order valence-electron chi connectivity index (χ3n) is 2.82. The second kappa shape index (κ2) is 3.63. The molecule has 78 valence electrons. The molecule has 2 rings (SSSR count). The monoisotopic (exact) mass is 202 g/mol. The third kappa shape index (κ3) is 1.61. The van der Waals surface area contributed by atoms with Crippen LogP contribution in [0.3, 0.4) is 0 Å². The van der Waals surface area contributed by atoms with Crippen LogP contribution in [0.4, 0.5) is 0 Å². The molecular weight excluding hydrogens is 188 g/mol. The van der Waals surface area contributed by atoms with E-state index in [9.17, 15) is 4.79 Å². The lowest BCUT2D eigenvalue weighted by atomic mass is 9.86. The zero-order valence-corrected chi connectivity index (χ0v) is 8.82. The normalized spacial score (nSPS) is 24.7. The average molecular weight is 202 g/mol. The Morgan fingerprint density at radius 2 is 2.27 bits per heavy atom. The Morgan fingerprint density at radius 3 is 3.00 bits per heavy atom. The summed E-state index contributed by atoms with van der Waals surface area (Å²) in [6, 6.07) is 7.60. The minimum absolute atomic E-state index is 0.0595. The van der Waals surface area contributed by atoms with Crippen LogP contribution >= 0.6 is 0 Å². The molecule has 0 fully saturated rings. The second-order valence-electron chi connectivity index (χ2n) is 4.00. The van der Waals surface area contributed by atoms with Crippen LogP contribution in [-0.2, 0) is 11.3 Å². The molecule has 1 aliphatic heterocycles. The maximum Gasteiger partial charge on any atom is 0.195 e. The van der Waals surface area contributed by atoms with Gasteiger partial charge in [-0.25, -0.2) is 0 Å². The highest BCUT2D eigenvalue weighted by Crippen LogP contribution is 2.30. The van der Waals surface area contributed by atoms with Crippen LogP contribution in [0, 0.1) is 0 Å². The van der Waals surface area contributed by atoms with Gasteiger partial charge in [0.1, 0.15) is 5.60 Å². The van der Waals surface area contributed by atoms with Crippen molar-refractivity contribution in [2.24, 2.45) is 0 Å². The molecule has 0 N–H and O–H groups in total. The number of carbonyl (C=O) groups is 1. The fourth-order valence-corrected chi connectivity index (χ4v) is 1.88. The van der Waals surface area contributed by atoms with Crippen molar-refractivity contribution in [2.75, 3.05) is 0 Å². The Kier molecular flexibility index (Phi) is 2.45. The van der Waals surface area contributed by atoms with Gasteiger partial charge in [-0.05, 0) is 12.5 Å². The van der Waals surface area contributed by atoms with Gasteiger partial charge in [-0.1, -0.05) is 30.3 Å². The number of hydrogen-bond acceptors (Lipinski definition) is 2. The maximum absolute atomic E-state index is 12.2. The molecule has 1 aromatic carbocycles. The second-order valence-corrected chi connectivity index (χ2v) is 4.00. The summed E-state index contributed by atoms with van der Waals surface area (Å²) in [6.07, 6.45) is 2.28. The lowest BCUT2D eigenvalue weighted by Crippen LogP contribution is -2.41. The molecule has 15 heavy (non-hydrogen) atoms. The first-order valence-electron chi connectivity index (χ1n) is 5.05. The Bertz CT molecular complexity index is 409. The predicted octanol–water partition coefficient (Wildman–Crippen LogP) is 2.73. The summed E-state index contributed by atoms with van der Waals surface area (Å²) in [6.45, 7) is 5.99. The maximum atomic E-state index is 12.2. The molecule has 1 unspecified atom stereocenters. The van der Waals surface area contributed by atoms with Crippen molar-refractivity contribution in [1.29, 1.82) is 0 Å². The van der Waals surface area contributed by atoms with E-state index >= 15 is 0 Å². The highest BCUT2D eigenvalue weighted by molar-refractivity contribution is 6.04. The smallest absolute Gasteiger partial charge is 0.195 e. The molecule has 1 atom stereocenters. The van der Waals surface area contributed by atoms with E-state index in [1.807, 2.05) is 31.2 Å². The van der Waals surface area contributed by atoms with Crippen LogP contribution in [0.25, 0.3) is 0 Å². The Hall–Kier alpha value is -1.41. The van der Waals surface area contributed by atoms with Crippen LogP contribution in [0.5, 0.6) is 0 Å². The van der Waals surface area contributed by atoms with E-state index in [0.29, 0.717) is 13.0 Å². The summed E-state index contributed by atoms with van der Waals surface area (Å²) >= 11 is 0. The van der Waals surface area contributed by atoms with Crippen LogP contribution in [0.15, 0.2) is 36.9 Å². The van der Waals surface area contributed by atoms with Crippen LogP contribution < -0.4 is 0 Å². The van der Waals surface area contributed by atoms with Gasteiger partial charge in [-0.2, -0.15) is 0 Å². The van der Waals surface area contributed by atoms with Gasteiger partial charge in [-0.3, -0.25) is 4.79 Å². The molecule has 0 radical (unpaired) electrons. The van der Waals surface area contributed by atoms with Crippen molar-refractivity contribution in [1.82, 2.24) is 0 Å². The standard InChI is InChI=1S/C13H14O2/c1-3-8-13(2)12(14)11-7-5-4-6-10(11)9-15-13/h3-7H,1,8-9H2,2H3. The van der Waals surface area contributed by atoms with Gasteiger partial charge < -0.3 is 4.74 Å². The van der Waals surface area contributed by atoms with Crippen molar-refractivity contribution in [3.8, 4) is 0 Å². The number of ether oxygens (including phenoxy) is 1. The molecule has 0 saturated heterocycles. The zero-order chi connectivity index (χ0) is 10.9. The molecule has 2 nitrogen and oxygen atoms in total. The van der Waals surface area contributed by atoms with E-state index in [1.165, 1.54) is 0 Å². The first kappa shape index (κ1) is 10.1. The van der Waals surface area contributed by atoms with Crippen molar-refractivity contribution >= 4 is 5.78 Å². The summed E-state index contributed by atoms with van der Waals surface area (Å²) in [5, 5.41) is 0. The van der Waals surface area contributed by atoms with Crippen molar-refractivity contribution in [3.05, 3.63) is 48.0 Å². The Morgan fingerprint density at radius 1 is 1.53 bits per heavy atom. The van der Waals surface area contributed by atoms with E-state index in [1.54, 1.807) is 6.08 Å².